The van der Waals surface area contributed by atoms with Crippen molar-refractivity contribution in [2.75, 3.05) is 0 Å². The summed E-state index contributed by atoms with van der Waals surface area (Å²) in [5.74, 6) is -0.636. The van der Waals surface area contributed by atoms with Crippen molar-refractivity contribution in [3.8, 4) is 0 Å². The number of aromatic nitrogens is 1. The molecule has 0 saturated heterocycles. The fraction of sp³-hybridized carbons (Fsp3) is 0.278. The minimum atomic E-state index is -3.59. The Morgan fingerprint density at radius 2 is 1.96 bits per heavy atom. The van der Waals surface area contributed by atoms with Gasteiger partial charge in [-0.15, -0.1) is 0 Å². The quantitative estimate of drug-likeness (QED) is 0.673. The van der Waals surface area contributed by atoms with Gasteiger partial charge in [-0.2, -0.15) is 0 Å². The molecule has 3 aromatic rings. The molecule has 0 fully saturated rings. The van der Waals surface area contributed by atoms with Crippen LogP contribution < -0.4 is 5.76 Å². The molecule has 0 bridgehead atoms. The third-order valence-electron chi connectivity index (χ3n) is 3.98. The van der Waals surface area contributed by atoms with E-state index in [1.807, 2.05) is 6.92 Å². The third kappa shape index (κ3) is 3.50. The average Bonchev–Trinajstić information content (AvgIpc) is 2.83. The van der Waals surface area contributed by atoms with Gasteiger partial charge in [-0.3, -0.25) is 4.57 Å². The molecule has 25 heavy (non-hydrogen) atoms. The molecule has 0 spiro atoms. The molecular formula is C18H18ClNO4S. The van der Waals surface area contributed by atoms with E-state index in [4.69, 9.17) is 16.0 Å². The highest BCUT2D eigenvalue weighted by Crippen LogP contribution is 2.26. The topological polar surface area (TPSA) is 69.3 Å². The fourth-order valence-electron chi connectivity index (χ4n) is 2.92. The summed E-state index contributed by atoms with van der Waals surface area (Å²) in [6, 6.07) is 9.76. The first kappa shape index (κ1) is 17.8. The average molecular weight is 380 g/mol. The zero-order valence-electron chi connectivity index (χ0n) is 14.0. The highest BCUT2D eigenvalue weighted by Gasteiger charge is 2.20. The van der Waals surface area contributed by atoms with Gasteiger partial charge in [-0.25, -0.2) is 13.2 Å². The van der Waals surface area contributed by atoms with E-state index in [0.29, 0.717) is 33.8 Å². The lowest BCUT2D eigenvalue weighted by Crippen LogP contribution is -2.14. The van der Waals surface area contributed by atoms with Gasteiger partial charge in [0.15, 0.2) is 15.4 Å². The summed E-state index contributed by atoms with van der Waals surface area (Å²) in [4.78, 5) is 12.1. The van der Waals surface area contributed by atoms with E-state index >= 15 is 0 Å². The van der Waals surface area contributed by atoms with Gasteiger partial charge in [-0.1, -0.05) is 30.7 Å². The van der Waals surface area contributed by atoms with Crippen molar-refractivity contribution in [1.82, 2.24) is 4.57 Å². The number of hydrogen-bond donors (Lipinski definition) is 0. The number of benzene rings is 2. The highest BCUT2D eigenvalue weighted by molar-refractivity contribution is 7.90. The second kappa shape index (κ2) is 6.69. The van der Waals surface area contributed by atoms with Crippen LogP contribution >= 0.6 is 11.6 Å². The molecule has 0 aliphatic rings. The van der Waals surface area contributed by atoms with Crippen LogP contribution in [0, 0.1) is 6.92 Å². The van der Waals surface area contributed by atoms with Gasteiger partial charge in [0.1, 0.15) is 0 Å². The number of aryl methyl sites for hydroxylation is 2. The molecule has 0 aliphatic heterocycles. The van der Waals surface area contributed by atoms with Crippen LogP contribution in [0.5, 0.6) is 0 Å². The number of sulfone groups is 1. The van der Waals surface area contributed by atoms with Gasteiger partial charge in [0, 0.05) is 17.6 Å². The van der Waals surface area contributed by atoms with Crippen molar-refractivity contribution >= 4 is 32.5 Å². The van der Waals surface area contributed by atoms with E-state index in [0.717, 1.165) is 6.42 Å². The Labute approximate surface area is 150 Å². The van der Waals surface area contributed by atoms with E-state index in [1.54, 1.807) is 37.3 Å². The van der Waals surface area contributed by atoms with Crippen LogP contribution in [0.15, 0.2) is 50.5 Å². The SMILES string of the molecule is CCCn1c(=O)oc2cc(S(=O)(=O)Cc3cccc(Cl)c3)cc(C)c21. The van der Waals surface area contributed by atoms with Gasteiger partial charge >= 0.3 is 5.76 Å². The Bertz CT molecular complexity index is 1100. The monoisotopic (exact) mass is 379 g/mol. The van der Waals surface area contributed by atoms with Gasteiger partial charge in [0.25, 0.3) is 0 Å². The van der Waals surface area contributed by atoms with Crippen LogP contribution in [-0.2, 0) is 22.1 Å². The Hall–Kier alpha value is -2.05. The number of rotatable bonds is 5. The first-order valence-electron chi connectivity index (χ1n) is 7.93. The molecule has 0 amide bonds. The summed E-state index contributed by atoms with van der Waals surface area (Å²) >= 11 is 5.93. The summed E-state index contributed by atoms with van der Waals surface area (Å²) < 4.78 is 32.3. The second-order valence-corrected chi connectivity index (χ2v) is 8.42. The van der Waals surface area contributed by atoms with Crippen LogP contribution in [0.3, 0.4) is 0 Å². The summed E-state index contributed by atoms with van der Waals surface area (Å²) in [6.07, 6.45) is 0.781. The van der Waals surface area contributed by atoms with Crippen LogP contribution in [0.4, 0.5) is 0 Å². The summed E-state index contributed by atoms with van der Waals surface area (Å²) in [7, 11) is -3.59. The fourth-order valence-corrected chi connectivity index (χ4v) is 4.56. The first-order chi connectivity index (χ1) is 11.8. The molecule has 1 aromatic heterocycles. The van der Waals surface area contributed by atoms with Crippen LogP contribution in [0.2, 0.25) is 5.02 Å². The maximum Gasteiger partial charge on any atom is 0.419 e. The zero-order chi connectivity index (χ0) is 18.2. The van der Waals surface area contributed by atoms with Crippen molar-refractivity contribution in [2.24, 2.45) is 0 Å². The molecule has 0 saturated carbocycles. The molecule has 5 nitrogen and oxygen atoms in total. The number of oxazole rings is 1. The lowest BCUT2D eigenvalue weighted by Gasteiger charge is -2.08. The maximum absolute atomic E-state index is 12.8. The predicted octanol–water partition coefficient (Wildman–Crippen LogP) is 3.94. The Kier molecular flexibility index (Phi) is 4.75. The number of nitrogens with zero attached hydrogens (tertiary/aromatic N) is 1. The van der Waals surface area contributed by atoms with Crippen molar-refractivity contribution in [2.45, 2.75) is 37.5 Å². The molecule has 7 heteroatoms. The highest BCUT2D eigenvalue weighted by atomic mass is 35.5. The van der Waals surface area contributed by atoms with Gasteiger partial charge in [0.05, 0.1) is 16.2 Å². The van der Waals surface area contributed by atoms with Crippen LogP contribution in [0.1, 0.15) is 24.5 Å². The molecule has 2 aromatic carbocycles. The van der Waals surface area contributed by atoms with Crippen molar-refractivity contribution in [3.63, 3.8) is 0 Å². The second-order valence-electron chi connectivity index (χ2n) is 6.00. The molecule has 0 N–H and O–H groups in total. The van der Waals surface area contributed by atoms with E-state index in [-0.39, 0.29) is 10.6 Å². The standard InChI is InChI=1S/C18H18ClNO4S/c1-3-7-20-17-12(2)8-15(10-16(17)24-18(20)21)25(22,23)11-13-5-4-6-14(19)9-13/h4-6,8-10H,3,7,11H2,1-2H3. The summed E-state index contributed by atoms with van der Waals surface area (Å²) in [6.45, 7) is 4.27. The van der Waals surface area contributed by atoms with Crippen LogP contribution in [-0.4, -0.2) is 13.0 Å². The molecule has 0 atom stereocenters. The summed E-state index contributed by atoms with van der Waals surface area (Å²) in [5.41, 5.74) is 2.24. The molecule has 0 radical (unpaired) electrons. The lowest BCUT2D eigenvalue weighted by atomic mass is 10.2. The van der Waals surface area contributed by atoms with Crippen molar-refractivity contribution < 1.29 is 12.8 Å². The Morgan fingerprint density at radius 3 is 2.64 bits per heavy atom. The van der Waals surface area contributed by atoms with E-state index in [2.05, 4.69) is 0 Å². The largest absolute Gasteiger partial charge is 0.419 e. The van der Waals surface area contributed by atoms with E-state index < -0.39 is 15.6 Å². The first-order valence-corrected chi connectivity index (χ1v) is 9.96. The predicted molar refractivity (Wildman–Crippen MR) is 97.8 cm³/mol. The molecule has 0 unspecified atom stereocenters. The Morgan fingerprint density at radius 1 is 1.20 bits per heavy atom. The van der Waals surface area contributed by atoms with Crippen molar-refractivity contribution in [3.05, 3.63) is 63.1 Å². The molecule has 3 rings (SSSR count). The van der Waals surface area contributed by atoms with Crippen LogP contribution in [0.25, 0.3) is 11.1 Å². The third-order valence-corrected chi connectivity index (χ3v) is 5.88. The molecule has 1 heterocycles. The molecule has 132 valence electrons. The number of hydrogen-bond acceptors (Lipinski definition) is 4. The number of halogens is 1. The minimum Gasteiger partial charge on any atom is -0.408 e. The van der Waals surface area contributed by atoms with Gasteiger partial charge < -0.3 is 4.42 Å². The van der Waals surface area contributed by atoms with Gasteiger partial charge in [-0.05, 0) is 42.7 Å². The van der Waals surface area contributed by atoms with Crippen molar-refractivity contribution in [1.29, 1.82) is 0 Å². The van der Waals surface area contributed by atoms with E-state index in [1.165, 1.54) is 10.6 Å². The smallest absolute Gasteiger partial charge is 0.408 e. The lowest BCUT2D eigenvalue weighted by molar-refractivity contribution is 0.502. The Balaban J connectivity index is 2.08. The summed E-state index contributed by atoms with van der Waals surface area (Å²) in [5, 5.41) is 0.488. The maximum atomic E-state index is 12.8. The van der Waals surface area contributed by atoms with Gasteiger partial charge in [0.2, 0.25) is 0 Å². The zero-order valence-corrected chi connectivity index (χ0v) is 15.5. The number of fused-ring (bicyclic) bond motifs is 1. The minimum absolute atomic E-state index is 0.134. The van der Waals surface area contributed by atoms with E-state index in [9.17, 15) is 13.2 Å². The molecule has 0 aliphatic carbocycles. The normalized spacial score (nSPS) is 12.0. The molecular weight excluding hydrogens is 362 g/mol.